The van der Waals surface area contributed by atoms with E-state index in [0.717, 1.165) is 22.7 Å². The van der Waals surface area contributed by atoms with E-state index in [2.05, 4.69) is 16.5 Å². The van der Waals surface area contributed by atoms with Crippen LogP contribution in [0.1, 0.15) is 39.1 Å². The van der Waals surface area contributed by atoms with E-state index in [0.29, 0.717) is 16.3 Å². The summed E-state index contributed by atoms with van der Waals surface area (Å²) >= 11 is 1.42. The molecule has 0 bridgehead atoms. The molecule has 0 unspecified atom stereocenters. The molecule has 2 aromatic heterocycles. The van der Waals surface area contributed by atoms with Crippen molar-refractivity contribution in [3.05, 3.63) is 33.5 Å². The molecule has 2 heterocycles. The molecule has 2 rings (SSSR count). The lowest BCUT2D eigenvalue weighted by atomic mass is 10.2. The highest BCUT2D eigenvalue weighted by Crippen LogP contribution is 2.31. The second-order valence-corrected chi connectivity index (χ2v) is 5.76. The minimum absolute atomic E-state index is 0.280. The van der Waals surface area contributed by atoms with E-state index in [1.165, 1.54) is 11.3 Å². The molecule has 0 saturated heterocycles. The van der Waals surface area contributed by atoms with Crippen LogP contribution in [0.25, 0.3) is 0 Å². The third-order valence-corrected chi connectivity index (χ3v) is 4.36. The molecule has 0 aliphatic heterocycles. The molecule has 1 amide bonds. The maximum Gasteiger partial charge on any atom is 0.276 e. The fraction of sp³-hybridized carbons (Fsp3) is 0.357. The van der Waals surface area contributed by atoms with Gasteiger partial charge in [0, 0.05) is 17.1 Å². The lowest BCUT2D eigenvalue weighted by molar-refractivity contribution is 0.102. The van der Waals surface area contributed by atoms with Gasteiger partial charge in [-0.25, -0.2) is 0 Å². The highest BCUT2D eigenvalue weighted by atomic mass is 32.1. The van der Waals surface area contributed by atoms with Gasteiger partial charge in [-0.2, -0.15) is 10.4 Å². The van der Waals surface area contributed by atoms with Crippen molar-refractivity contribution in [2.45, 2.75) is 34.2 Å². The van der Waals surface area contributed by atoms with E-state index in [1.54, 1.807) is 10.7 Å². The Kier molecular flexibility index (Phi) is 3.91. The number of aryl methyl sites for hydroxylation is 3. The van der Waals surface area contributed by atoms with E-state index >= 15 is 0 Å². The number of thiophene rings is 1. The fourth-order valence-electron chi connectivity index (χ4n) is 1.96. The Bertz CT molecular complexity index is 706. The molecular formula is C14H16N4OS. The predicted molar refractivity (Wildman–Crippen MR) is 79.1 cm³/mol. The van der Waals surface area contributed by atoms with Crippen LogP contribution in [0, 0.1) is 32.1 Å². The SMILES string of the molecule is CCn1nc(C(=O)Nc2sc(C)c(C)c2C#N)cc1C. The molecule has 5 nitrogen and oxygen atoms in total. The maximum atomic E-state index is 12.2. The van der Waals surface area contributed by atoms with Gasteiger partial charge in [0.25, 0.3) is 5.91 Å². The number of aromatic nitrogens is 2. The Morgan fingerprint density at radius 1 is 1.50 bits per heavy atom. The van der Waals surface area contributed by atoms with Gasteiger partial charge < -0.3 is 5.32 Å². The summed E-state index contributed by atoms with van der Waals surface area (Å²) in [6.45, 7) is 8.43. The van der Waals surface area contributed by atoms with Gasteiger partial charge in [0.15, 0.2) is 5.69 Å². The van der Waals surface area contributed by atoms with Crippen LogP contribution in [0.3, 0.4) is 0 Å². The number of nitrogens with zero attached hydrogens (tertiary/aromatic N) is 3. The summed E-state index contributed by atoms with van der Waals surface area (Å²) in [4.78, 5) is 13.2. The van der Waals surface area contributed by atoms with Crippen LogP contribution in [-0.4, -0.2) is 15.7 Å². The van der Waals surface area contributed by atoms with Gasteiger partial charge in [0.2, 0.25) is 0 Å². The van der Waals surface area contributed by atoms with Crippen LogP contribution < -0.4 is 5.32 Å². The van der Waals surface area contributed by atoms with Gasteiger partial charge in [-0.05, 0) is 39.3 Å². The lowest BCUT2D eigenvalue weighted by Crippen LogP contribution is -2.13. The molecule has 0 saturated carbocycles. The topological polar surface area (TPSA) is 70.7 Å². The van der Waals surface area contributed by atoms with Crippen molar-refractivity contribution < 1.29 is 4.79 Å². The zero-order valence-corrected chi connectivity index (χ0v) is 12.8. The minimum atomic E-state index is -0.280. The Morgan fingerprint density at radius 2 is 2.20 bits per heavy atom. The van der Waals surface area contributed by atoms with Crippen LogP contribution in [0.2, 0.25) is 0 Å². The highest BCUT2D eigenvalue weighted by Gasteiger charge is 2.17. The Balaban J connectivity index is 2.28. The maximum absolute atomic E-state index is 12.2. The van der Waals surface area contributed by atoms with E-state index in [9.17, 15) is 4.79 Å². The Labute approximate surface area is 121 Å². The summed E-state index contributed by atoms with van der Waals surface area (Å²) in [5.74, 6) is -0.280. The molecule has 0 aliphatic rings. The number of anilines is 1. The summed E-state index contributed by atoms with van der Waals surface area (Å²) in [5.41, 5.74) is 2.77. The van der Waals surface area contributed by atoms with Crippen molar-refractivity contribution in [1.82, 2.24) is 9.78 Å². The number of carbonyl (C=O) groups excluding carboxylic acids is 1. The first-order valence-corrected chi connectivity index (χ1v) is 7.15. The van der Waals surface area contributed by atoms with Gasteiger partial charge in [-0.15, -0.1) is 11.3 Å². The number of rotatable bonds is 3. The van der Waals surface area contributed by atoms with Gasteiger partial charge in [0.05, 0.1) is 5.56 Å². The Hall–Kier alpha value is -2.13. The number of hydrogen-bond acceptors (Lipinski definition) is 4. The van der Waals surface area contributed by atoms with Gasteiger partial charge in [-0.1, -0.05) is 0 Å². The van der Waals surface area contributed by atoms with E-state index in [1.807, 2.05) is 27.7 Å². The molecule has 0 spiro atoms. The van der Waals surface area contributed by atoms with Crippen LogP contribution in [0.5, 0.6) is 0 Å². The predicted octanol–water partition coefficient (Wildman–Crippen LogP) is 3.01. The van der Waals surface area contributed by atoms with Crippen molar-refractivity contribution in [3.8, 4) is 6.07 Å². The monoisotopic (exact) mass is 288 g/mol. The molecule has 1 N–H and O–H groups in total. The molecule has 0 aliphatic carbocycles. The summed E-state index contributed by atoms with van der Waals surface area (Å²) in [6.07, 6.45) is 0. The third-order valence-electron chi connectivity index (χ3n) is 3.24. The fourth-order valence-corrected chi connectivity index (χ4v) is 2.96. The molecule has 0 fully saturated rings. The molecule has 0 radical (unpaired) electrons. The van der Waals surface area contributed by atoms with Gasteiger partial charge in [-0.3, -0.25) is 9.48 Å². The minimum Gasteiger partial charge on any atom is -0.311 e. The number of nitrogens with one attached hydrogen (secondary N) is 1. The molecule has 6 heteroatoms. The van der Waals surface area contributed by atoms with Crippen molar-refractivity contribution >= 4 is 22.2 Å². The zero-order valence-electron chi connectivity index (χ0n) is 11.9. The molecule has 0 atom stereocenters. The summed E-state index contributed by atoms with van der Waals surface area (Å²) in [6, 6.07) is 3.89. The molecule has 2 aromatic rings. The van der Waals surface area contributed by atoms with Gasteiger partial charge in [0.1, 0.15) is 11.1 Å². The number of amides is 1. The smallest absolute Gasteiger partial charge is 0.276 e. The first-order chi connectivity index (χ1) is 9.47. The summed E-state index contributed by atoms with van der Waals surface area (Å²) in [7, 11) is 0. The number of nitriles is 1. The molecular weight excluding hydrogens is 272 g/mol. The first kappa shape index (κ1) is 14.3. The molecule has 104 valence electrons. The average molecular weight is 288 g/mol. The van der Waals surface area contributed by atoms with Crippen LogP contribution in [0.4, 0.5) is 5.00 Å². The quantitative estimate of drug-likeness (QED) is 0.943. The number of carbonyl (C=O) groups is 1. The second-order valence-electron chi connectivity index (χ2n) is 4.54. The van der Waals surface area contributed by atoms with E-state index in [-0.39, 0.29) is 5.91 Å². The van der Waals surface area contributed by atoms with Crippen LogP contribution in [0.15, 0.2) is 6.07 Å². The van der Waals surface area contributed by atoms with Gasteiger partial charge >= 0.3 is 0 Å². The van der Waals surface area contributed by atoms with Crippen molar-refractivity contribution in [1.29, 1.82) is 5.26 Å². The summed E-state index contributed by atoms with van der Waals surface area (Å²) in [5, 5.41) is 16.8. The lowest BCUT2D eigenvalue weighted by Gasteiger charge is -2.00. The van der Waals surface area contributed by atoms with Crippen LogP contribution >= 0.6 is 11.3 Å². The summed E-state index contributed by atoms with van der Waals surface area (Å²) < 4.78 is 1.77. The van der Waals surface area contributed by atoms with E-state index < -0.39 is 0 Å². The standard InChI is InChI=1S/C14H16N4OS/c1-5-18-8(2)6-12(17-18)13(19)16-14-11(7-15)9(3)10(4)20-14/h6H,5H2,1-4H3,(H,16,19). The molecule has 0 aromatic carbocycles. The number of hydrogen-bond donors (Lipinski definition) is 1. The Morgan fingerprint density at radius 3 is 2.75 bits per heavy atom. The average Bonchev–Trinajstić information content (AvgIpc) is 2.91. The first-order valence-electron chi connectivity index (χ1n) is 6.33. The largest absolute Gasteiger partial charge is 0.311 e. The molecule has 20 heavy (non-hydrogen) atoms. The van der Waals surface area contributed by atoms with Crippen molar-refractivity contribution in [3.63, 3.8) is 0 Å². The highest BCUT2D eigenvalue weighted by molar-refractivity contribution is 7.16. The zero-order chi connectivity index (χ0) is 14.9. The van der Waals surface area contributed by atoms with Crippen LogP contribution in [-0.2, 0) is 6.54 Å². The van der Waals surface area contributed by atoms with Crippen molar-refractivity contribution in [2.75, 3.05) is 5.32 Å². The van der Waals surface area contributed by atoms with E-state index in [4.69, 9.17) is 5.26 Å². The second kappa shape index (κ2) is 5.47. The normalized spacial score (nSPS) is 10.3. The third kappa shape index (κ3) is 2.45. The van der Waals surface area contributed by atoms with Crippen molar-refractivity contribution in [2.24, 2.45) is 0 Å².